The minimum absolute atomic E-state index is 0.604. The van der Waals surface area contributed by atoms with Crippen molar-refractivity contribution in [2.45, 2.75) is 0 Å². The first kappa shape index (κ1) is 77.4. The quantitative estimate of drug-likeness (QED) is 0.0959. The minimum atomic E-state index is 0.604. The fourth-order valence-electron chi connectivity index (χ4n) is 17.0. The van der Waals surface area contributed by atoms with E-state index in [-0.39, 0.29) is 0 Å². The molecule has 24 rings (SSSR count). The third-order valence-electron chi connectivity index (χ3n) is 23.3. The standard InChI is InChI=1S/C45H29N3O.C39H25N3O.C33H21N3O/c1-3-13-30(14-4-1)31-25-27-33(28-26-31)44-46-43(32-15-5-2-6-16-32)47-45(48-44)38-20-8-7-19-36(38)34-17-11-18-35(29-34)37-22-12-24-41-42(37)39-21-9-10-23-40(39)49-41;1-3-12-26(13-4-1)27-22-24-29(25-23-27)37-40-38(31-17-8-7-16-30(31)28-14-5-2-6-15-28)42-39(41-37)33-19-11-21-35-36(33)32-18-9-10-20-34(32)43-35;1-3-10-22(11-4-1)23-18-20-25(21-19-23)32-34-31(24-12-5-2-6-13-24)35-33(36-32)27-15-9-17-29-30(27)26-14-7-8-16-28(26)37-29/h1-29H;1-25H;1-21H. The fourth-order valence-corrected chi connectivity index (χ4v) is 17.0. The zero-order valence-electron chi connectivity index (χ0n) is 69.6. The van der Waals surface area contributed by atoms with Crippen molar-refractivity contribution in [2.24, 2.45) is 0 Å². The number of benzene rings is 18. The van der Waals surface area contributed by atoms with Crippen LogP contribution in [0, 0.1) is 0 Å². The van der Waals surface area contributed by atoms with Gasteiger partial charge in [0.05, 0.1) is 0 Å². The van der Waals surface area contributed by atoms with E-state index < -0.39 is 0 Å². The summed E-state index contributed by atoms with van der Waals surface area (Å²) in [6.45, 7) is 0. The maximum absolute atomic E-state index is 6.21. The van der Waals surface area contributed by atoms with Gasteiger partial charge in [0.2, 0.25) is 0 Å². The van der Waals surface area contributed by atoms with Crippen molar-refractivity contribution in [1.29, 1.82) is 0 Å². The lowest BCUT2D eigenvalue weighted by Gasteiger charge is -2.13. The molecule has 0 aliphatic heterocycles. The van der Waals surface area contributed by atoms with Crippen molar-refractivity contribution < 1.29 is 13.3 Å². The van der Waals surface area contributed by atoms with Gasteiger partial charge in [-0.05, 0) is 109 Å². The molecule has 0 saturated carbocycles. The van der Waals surface area contributed by atoms with Crippen molar-refractivity contribution >= 4 is 65.8 Å². The van der Waals surface area contributed by atoms with Crippen molar-refractivity contribution in [2.75, 3.05) is 0 Å². The van der Waals surface area contributed by atoms with Gasteiger partial charge in [-0.3, -0.25) is 0 Å². The Labute approximate surface area is 743 Å². The lowest BCUT2D eigenvalue weighted by Crippen LogP contribution is -2.01. The number of nitrogens with zero attached hydrogens (tertiary/aromatic N) is 9. The minimum Gasteiger partial charge on any atom is -0.456 e. The average Bonchev–Trinajstić information content (AvgIpc) is 1.66. The molecule has 0 aliphatic rings. The molecule has 12 nitrogen and oxygen atoms in total. The molecule has 6 heterocycles. The van der Waals surface area contributed by atoms with Crippen LogP contribution in [-0.2, 0) is 0 Å². The van der Waals surface area contributed by atoms with Crippen molar-refractivity contribution in [3.63, 3.8) is 0 Å². The molecule has 0 aliphatic carbocycles. The zero-order chi connectivity index (χ0) is 85.8. The molecular weight excluding hydrogens is 1580 g/mol. The van der Waals surface area contributed by atoms with Crippen LogP contribution >= 0.6 is 0 Å². The Morgan fingerprint density at radius 1 is 0.116 bits per heavy atom. The first-order chi connectivity index (χ1) is 63.9. The lowest BCUT2D eigenvalue weighted by molar-refractivity contribution is 0.668. The number of fused-ring (bicyclic) bond motifs is 9. The molecule has 0 amide bonds. The Kier molecular flexibility index (Phi) is 20.8. The summed E-state index contributed by atoms with van der Waals surface area (Å²) in [6, 6.07) is 155. The molecule has 0 atom stereocenters. The van der Waals surface area contributed by atoms with E-state index in [9.17, 15) is 0 Å². The highest BCUT2D eigenvalue weighted by Crippen LogP contribution is 2.44. The lowest BCUT2D eigenvalue weighted by atomic mass is 9.94. The molecule has 0 bridgehead atoms. The predicted octanol–water partition coefficient (Wildman–Crippen LogP) is 30.3. The van der Waals surface area contributed by atoms with Crippen molar-refractivity contribution in [3.05, 3.63) is 455 Å². The van der Waals surface area contributed by atoms with Gasteiger partial charge >= 0.3 is 0 Å². The van der Waals surface area contributed by atoms with Gasteiger partial charge in [0.1, 0.15) is 33.5 Å². The third kappa shape index (κ3) is 15.7. The molecule has 0 unspecified atom stereocenters. The van der Waals surface area contributed by atoms with Gasteiger partial charge < -0.3 is 13.3 Å². The highest BCUT2D eigenvalue weighted by molar-refractivity contribution is 6.14. The predicted molar refractivity (Wildman–Crippen MR) is 523 cm³/mol. The largest absolute Gasteiger partial charge is 0.456 e. The van der Waals surface area contributed by atoms with E-state index in [2.05, 4.69) is 267 Å². The molecule has 18 aromatic carbocycles. The van der Waals surface area contributed by atoms with Crippen LogP contribution in [0.25, 0.3) is 235 Å². The van der Waals surface area contributed by atoms with Crippen LogP contribution in [-0.4, -0.2) is 44.9 Å². The highest BCUT2D eigenvalue weighted by Gasteiger charge is 2.24. The number of rotatable bonds is 15. The molecule has 0 fully saturated rings. The summed E-state index contributed by atoms with van der Waals surface area (Å²) in [4.78, 5) is 45.2. The number of hydrogen-bond acceptors (Lipinski definition) is 12. The number of hydrogen-bond donors (Lipinski definition) is 0. The molecule has 606 valence electrons. The Morgan fingerprint density at radius 3 is 0.659 bits per heavy atom. The first-order valence-electron chi connectivity index (χ1n) is 42.9. The topological polar surface area (TPSA) is 155 Å². The molecule has 0 radical (unpaired) electrons. The van der Waals surface area contributed by atoms with E-state index in [0.717, 1.165) is 166 Å². The summed E-state index contributed by atoms with van der Waals surface area (Å²) in [7, 11) is 0. The van der Waals surface area contributed by atoms with Gasteiger partial charge in [0, 0.05) is 82.4 Å². The smallest absolute Gasteiger partial charge is 0.164 e. The van der Waals surface area contributed by atoms with E-state index in [0.29, 0.717) is 52.4 Å². The SMILES string of the molecule is c1ccc(-c2ccc(-c3nc(-c4ccccc4)nc(-c4cccc5oc6ccccc6c45)n3)cc2)cc1.c1ccc(-c2ccc(-c3nc(-c4ccccc4)nc(-c4ccccc4-c4cccc(-c5cccc6oc7ccccc7c56)c4)n3)cc2)cc1.c1ccc(-c2ccc(-c3nc(-c4ccccc4-c4ccccc4)nc(-c4cccc5oc6ccccc6c45)n3)cc2)cc1. The average molecular weight is 1650 g/mol. The summed E-state index contributed by atoms with van der Waals surface area (Å²) in [5.74, 6) is 5.62. The van der Waals surface area contributed by atoms with E-state index >= 15 is 0 Å². The van der Waals surface area contributed by atoms with Gasteiger partial charge in [-0.15, -0.1) is 0 Å². The van der Waals surface area contributed by atoms with Gasteiger partial charge in [-0.2, -0.15) is 0 Å². The summed E-state index contributed by atoms with van der Waals surface area (Å²) < 4.78 is 18.5. The molecule has 0 N–H and O–H groups in total. The highest BCUT2D eigenvalue weighted by atomic mass is 16.3. The van der Waals surface area contributed by atoms with E-state index in [1.54, 1.807) is 0 Å². The normalized spacial score (nSPS) is 11.3. The van der Waals surface area contributed by atoms with Crippen molar-refractivity contribution in [1.82, 2.24) is 44.9 Å². The summed E-state index contributed by atoms with van der Waals surface area (Å²) in [5, 5.41) is 6.32. The molecular formula is C117H75N9O3. The van der Waals surface area contributed by atoms with Gasteiger partial charge in [0.25, 0.3) is 0 Å². The van der Waals surface area contributed by atoms with E-state index in [4.69, 9.17) is 58.1 Å². The van der Waals surface area contributed by atoms with Crippen LogP contribution in [0.5, 0.6) is 0 Å². The maximum Gasteiger partial charge on any atom is 0.164 e. The molecule has 0 saturated heterocycles. The Balaban J connectivity index is 0.000000115. The van der Waals surface area contributed by atoms with Gasteiger partial charge in [0.15, 0.2) is 52.4 Å². The fraction of sp³-hybridized carbons (Fsp3) is 0. The first-order valence-corrected chi connectivity index (χ1v) is 42.9. The molecule has 24 aromatic rings. The number of para-hydroxylation sites is 3. The second-order valence-corrected chi connectivity index (χ2v) is 31.3. The Hall–Kier alpha value is -17.6. The van der Waals surface area contributed by atoms with E-state index in [1.165, 1.54) is 16.7 Å². The summed E-state index contributed by atoms with van der Waals surface area (Å²) >= 11 is 0. The van der Waals surface area contributed by atoms with Crippen LogP contribution in [0.3, 0.4) is 0 Å². The molecule has 0 spiro atoms. The van der Waals surface area contributed by atoms with Crippen LogP contribution in [0.15, 0.2) is 468 Å². The van der Waals surface area contributed by atoms with Crippen molar-refractivity contribution in [3.8, 4) is 169 Å². The zero-order valence-corrected chi connectivity index (χ0v) is 69.6. The monoisotopic (exact) mass is 1650 g/mol. The summed E-state index contributed by atoms with van der Waals surface area (Å²) in [5.41, 5.74) is 27.0. The molecule has 12 heteroatoms. The number of aromatic nitrogens is 9. The summed E-state index contributed by atoms with van der Waals surface area (Å²) in [6.07, 6.45) is 0. The number of furan rings is 3. The van der Waals surface area contributed by atoms with Crippen LogP contribution < -0.4 is 0 Å². The second kappa shape index (κ2) is 34.6. The molecule has 129 heavy (non-hydrogen) atoms. The van der Waals surface area contributed by atoms with Crippen LogP contribution in [0.2, 0.25) is 0 Å². The van der Waals surface area contributed by atoms with Crippen LogP contribution in [0.1, 0.15) is 0 Å². The Bertz CT molecular complexity index is 8200. The molecule has 6 aromatic heterocycles. The van der Waals surface area contributed by atoms with Gasteiger partial charge in [-0.1, -0.05) is 413 Å². The van der Waals surface area contributed by atoms with E-state index in [1.807, 2.05) is 188 Å². The second-order valence-electron chi connectivity index (χ2n) is 31.3. The third-order valence-corrected chi connectivity index (χ3v) is 23.3. The Morgan fingerprint density at radius 2 is 0.310 bits per heavy atom. The maximum atomic E-state index is 6.21. The van der Waals surface area contributed by atoms with Crippen LogP contribution in [0.4, 0.5) is 0 Å². The van der Waals surface area contributed by atoms with Gasteiger partial charge in [-0.25, -0.2) is 44.9 Å².